The topological polar surface area (TPSA) is 110 Å². The zero-order valence-electron chi connectivity index (χ0n) is 15.9. The summed E-state index contributed by atoms with van der Waals surface area (Å²) in [7, 11) is 0. The molecule has 0 saturated heterocycles. The molecule has 2 N–H and O–H groups in total. The molecule has 0 radical (unpaired) electrons. The van der Waals surface area contributed by atoms with Crippen LogP contribution < -0.4 is 16.4 Å². The van der Waals surface area contributed by atoms with E-state index in [1.165, 1.54) is 28.2 Å². The van der Waals surface area contributed by atoms with Gasteiger partial charge < -0.3 is 5.32 Å². The monoisotopic (exact) mass is 419 g/mol. The van der Waals surface area contributed by atoms with Crippen molar-refractivity contribution in [3.05, 3.63) is 86.8 Å². The summed E-state index contributed by atoms with van der Waals surface area (Å²) < 4.78 is 1.18. The van der Waals surface area contributed by atoms with Crippen LogP contribution >= 0.6 is 11.3 Å². The standard InChI is InChI=1S/C21H17N5O3S/c1-13(26-20(28)11-9-17(25-26)18-3-2-12-30-18)21(29)22-15-6-4-14(5-7-15)16-8-10-19(27)24-23-16/h2-13H,1H3,(H,22,29)(H,24,27). The number of nitrogens with one attached hydrogen (secondary N) is 2. The lowest BCUT2D eigenvalue weighted by Crippen LogP contribution is -2.33. The highest BCUT2D eigenvalue weighted by Crippen LogP contribution is 2.22. The van der Waals surface area contributed by atoms with E-state index in [0.29, 0.717) is 17.1 Å². The van der Waals surface area contributed by atoms with Crippen molar-refractivity contribution in [2.45, 2.75) is 13.0 Å². The van der Waals surface area contributed by atoms with Gasteiger partial charge in [0.2, 0.25) is 5.91 Å². The van der Waals surface area contributed by atoms with Crippen molar-refractivity contribution in [1.29, 1.82) is 0 Å². The Morgan fingerprint density at radius 3 is 2.47 bits per heavy atom. The summed E-state index contributed by atoms with van der Waals surface area (Å²) in [5.74, 6) is -0.358. The molecule has 1 atom stereocenters. The fourth-order valence-electron chi connectivity index (χ4n) is 2.85. The summed E-state index contributed by atoms with van der Waals surface area (Å²) in [5.41, 5.74) is 1.99. The largest absolute Gasteiger partial charge is 0.324 e. The Labute approximate surface area is 174 Å². The molecule has 1 aromatic carbocycles. The van der Waals surface area contributed by atoms with Crippen molar-refractivity contribution in [1.82, 2.24) is 20.0 Å². The molecule has 3 aromatic heterocycles. The summed E-state index contributed by atoms with van der Waals surface area (Å²) in [6, 6.07) is 16.1. The average molecular weight is 419 g/mol. The molecule has 3 heterocycles. The van der Waals surface area contributed by atoms with Crippen LogP contribution in [0.15, 0.2) is 75.6 Å². The van der Waals surface area contributed by atoms with Crippen LogP contribution in [0.4, 0.5) is 5.69 Å². The van der Waals surface area contributed by atoms with Gasteiger partial charge in [0.25, 0.3) is 11.1 Å². The van der Waals surface area contributed by atoms with E-state index in [0.717, 1.165) is 10.4 Å². The van der Waals surface area contributed by atoms with Crippen LogP contribution in [0.1, 0.15) is 13.0 Å². The van der Waals surface area contributed by atoms with Gasteiger partial charge in [0.15, 0.2) is 0 Å². The average Bonchev–Trinajstić information content (AvgIpc) is 3.30. The molecule has 8 nitrogen and oxygen atoms in total. The van der Waals surface area contributed by atoms with Crippen molar-refractivity contribution in [3.8, 4) is 21.8 Å². The lowest BCUT2D eigenvalue weighted by molar-refractivity contribution is -0.119. The van der Waals surface area contributed by atoms with Gasteiger partial charge in [-0.3, -0.25) is 14.4 Å². The summed E-state index contributed by atoms with van der Waals surface area (Å²) in [5, 5.41) is 15.4. The van der Waals surface area contributed by atoms with Gasteiger partial charge in [-0.25, -0.2) is 9.78 Å². The Hall–Kier alpha value is -3.85. The third kappa shape index (κ3) is 4.11. The number of H-pyrrole nitrogens is 1. The number of carbonyl (C=O) groups excluding carboxylic acids is 1. The molecular formula is C21H17N5O3S. The van der Waals surface area contributed by atoms with Crippen LogP contribution in [-0.4, -0.2) is 25.9 Å². The molecule has 30 heavy (non-hydrogen) atoms. The van der Waals surface area contributed by atoms with Gasteiger partial charge in [0, 0.05) is 23.4 Å². The second-order valence-corrected chi connectivity index (χ2v) is 7.48. The van der Waals surface area contributed by atoms with Crippen LogP contribution in [0, 0.1) is 0 Å². The van der Waals surface area contributed by atoms with Gasteiger partial charge in [-0.05, 0) is 42.6 Å². The summed E-state index contributed by atoms with van der Waals surface area (Å²) in [6.07, 6.45) is 0. The number of hydrogen-bond donors (Lipinski definition) is 2. The number of nitrogens with zero attached hydrogens (tertiary/aromatic N) is 3. The van der Waals surface area contributed by atoms with Gasteiger partial charge >= 0.3 is 0 Å². The second-order valence-electron chi connectivity index (χ2n) is 6.53. The Morgan fingerprint density at radius 2 is 1.80 bits per heavy atom. The number of rotatable bonds is 5. The van der Waals surface area contributed by atoms with E-state index in [1.54, 1.807) is 43.3 Å². The molecule has 0 saturated carbocycles. The molecule has 9 heteroatoms. The smallest absolute Gasteiger partial charge is 0.267 e. The van der Waals surface area contributed by atoms with Gasteiger partial charge in [-0.2, -0.15) is 10.2 Å². The molecule has 4 rings (SSSR count). The minimum absolute atomic E-state index is 0.274. The zero-order valence-corrected chi connectivity index (χ0v) is 16.7. The van der Waals surface area contributed by atoms with E-state index >= 15 is 0 Å². The Kier molecular flexibility index (Phi) is 5.36. The number of carbonyl (C=O) groups is 1. The molecule has 0 aliphatic carbocycles. The normalized spacial score (nSPS) is 11.8. The minimum atomic E-state index is -0.794. The lowest BCUT2D eigenvalue weighted by atomic mass is 10.1. The Morgan fingerprint density at radius 1 is 1.03 bits per heavy atom. The number of amides is 1. The highest BCUT2D eigenvalue weighted by atomic mass is 32.1. The molecule has 0 spiro atoms. The molecule has 0 aliphatic heterocycles. The number of anilines is 1. The number of benzene rings is 1. The van der Waals surface area contributed by atoms with E-state index in [2.05, 4.69) is 20.6 Å². The van der Waals surface area contributed by atoms with Crippen LogP contribution in [0.5, 0.6) is 0 Å². The predicted molar refractivity (Wildman–Crippen MR) is 115 cm³/mol. The van der Waals surface area contributed by atoms with E-state index < -0.39 is 6.04 Å². The Balaban J connectivity index is 1.51. The number of hydrogen-bond acceptors (Lipinski definition) is 6. The van der Waals surface area contributed by atoms with E-state index in [9.17, 15) is 14.4 Å². The van der Waals surface area contributed by atoms with Crippen molar-refractivity contribution >= 4 is 22.9 Å². The van der Waals surface area contributed by atoms with Crippen molar-refractivity contribution < 1.29 is 4.79 Å². The van der Waals surface area contributed by atoms with E-state index in [-0.39, 0.29) is 17.0 Å². The van der Waals surface area contributed by atoms with Gasteiger partial charge in [-0.15, -0.1) is 11.3 Å². The number of thiophene rings is 1. The Bertz CT molecular complexity index is 1270. The van der Waals surface area contributed by atoms with Crippen LogP contribution in [0.3, 0.4) is 0 Å². The van der Waals surface area contributed by atoms with E-state index in [1.807, 2.05) is 17.5 Å². The first-order chi connectivity index (χ1) is 14.5. The molecule has 4 aromatic rings. The first-order valence-electron chi connectivity index (χ1n) is 9.12. The SMILES string of the molecule is CC(C(=O)Nc1ccc(-c2ccc(=O)[nH]n2)cc1)n1nc(-c2cccs2)ccc1=O. The predicted octanol–water partition coefficient (Wildman–Crippen LogP) is 2.92. The highest BCUT2D eigenvalue weighted by molar-refractivity contribution is 7.13. The first kappa shape index (κ1) is 19.5. The summed E-state index contributed by atoms with van der Waals surface area (Å²) >= 11 is 1.51. The molecule has 0 fully saturated rings. The van der Waals surface area contributed by atoms with Crippen molar-refractivity contribution in [3.63, 3.8) is 0 Å². The molecule has 1 amide bonds. The molecule has 1 unspecified atom stereocenters. The van der Waals surface area contributed by atoms with Gasteiger partial charge in [0.05, 0.1) is 10.6 Å². The molecule has 0 aliphatic rings. The fraction of sp³-hybridized carbons (Fsp3) is 0.0952. The minimum Gasteiger partial charge on any atom is -0.324 e. The van der Waals surface area contributed by atoms with Gasteiger partial charge in [0.1, 0.15) is 11.7 Å². The maximum Gasteiger partial charge on any atom is 0.267 e. The quantitative estimate of drug-likeness (QED) is 0.517. The summed E-state index contributed by atoms with van der Waals surface area (Å²) in [4.78, 5) is 37.0. The van der Waals surface area contributed by atoms with Crippen LogP contribution in [0.25, 0.3) is 21.8 Å². The second kappa shape index (κ2) is 8.26. The van der Waals surface area contributed by atoms with Gasteiger partial charge in [-0.1, -0.05) is 18.2 Å². The zero-order chi connectivity index (χ0) is 21.1. The first-order valence-corrected chi connectivity index (χ1v) is 10.00. The van der Waals surface area contributed by atoms with E-state index in [4.69, 9.17) is 0 Å². The number of aromatic amines is 1. The molecular weight excluding hydrogens is 402 g/mol. The van der Waals surface area contributed by atoms with Crippen LogP contribution in [0.2, 0.25) is 0 Å². The van der Waals surface area contributed by atoms with Crippen LogP contribution in [-0.2, 0) is 4.79 Å². The number of aromatic nitrogens is 4. The highest BCUT2D eigenvalue weighted by Gasteiger charge is 2.18. The lowest BCUT2D eigenvalue weighted by Gasteiger charge is -2.15. The maximum absolute atomic E-state index is 12.7. The third-order valence-electron chi connectivity index (χ3n) is 4.47. The third-order valence-corrected chi connectivity index (χ3v) is 5.36. The molecule has 0 bridgehead atoms. The van der Waals surface area contributed by atoms with Crippen molar-refractivity contribution in [2.75, 3.05) is 5.32 Å². The maximum atomic E-state index is 12.7. The molecule has 150 valence electrons. The fourth-order valence-corrected chi connectivity index (χ4v) is 3.54. The summed E-state index contributed by atoms with van der Waals surface area (Å²) in [6.45, 7) is 1.63. The van der Waals surface area contributed by atoms with Crippen molar-refractivity contribution in [2.24, 2.45) is 0 Å².